The lowest BCUT2D eigenvalue weighted by molar-refractivity contribution is -0.526. The number of hydrogen-bond acceptors (Lipinski definition) is 3. The first-order chi connectivity index (χ1) is 13.5. The molecular formula is C24H22N2O2. The molecule has 0 spiro atoms. The zero-order valence-electron chi connectivity index (χ0n) is 15.9. The summed E-state index contributed by atoms with van der Waals surface area (Å²) in [6, 6.07) is 27.7. The molecule has 140 valence electrons. The van der Waals surface area contributed by atoms with Crippen LogP contribution in [0.4, 0.5) is 0 Å². The Hall–Kier alpha value is -3.24. The summed E-state index contributed by atoms with van der Waals surface area (Å²) in [4.78, 5) is 13.8. The summed E-state index contributed by atoms with van der Waals surface area (Å²) in [5.41, 5.74) is 2.13. The smallest absolute Gasteiger partial charge is 0.287 e. The van der Waals surface area contributed by atoms with Gasteiger partial charge in [-0.15, -0.1) is 0 Å². The zero-order valence-corrected chi connectivity index (χ0v) is 15.9. The van der Waals surface area contributed by atoms with Gasteiger partial charge in [-0.25, -0.2) is 0 Å². The van der Waals surface area contributed by atoms with Gasteiger partial charge in [0.25, 0.3) is 11.7 Å². The highest BCUT2D eigenvalue weighted by Crippen LogP contribution is 2.47. The highest BCUT2D eigenvalue weighted by Gasteiger charge is 2.52. The van der Waals surface area contributed by atoms with Gasteiger partial charge in [0.05, 0.1) is 11.1 Å². The molecule has 0 fully saturated rings. The molecule has 28 heavy (non-hydrogen) atoms. The maximum absolute atomic E-state index is 13.8. The van der Waals surface area contributed by atoms with Gasteiger partial charge in [-0.3, -0.25) is 0 Å². The van der Waals surface area contributed by atoms with Crippen molar-refractivity contribution in [2.45, 2.75) is 25.4 Å². The van der Waals surface area contributed by atoms with Crippen molar-refractivity contribution in [2.24, 2.45) is 0 Å². The minimum atomic E-state index is -0.952. The summed E-state index contributed by atoms with van der Waals surface area (Å²) < 4.78 is 1.02. The number of rotatable bonds is 3. The van der Waals surface area contributed by atoms with Gasteiger partial charge in [-0.2, -0.15) is 0 Å². The molecule has 3 aromatic carbocycles. The second-order valence-electron chi connectivity index (χ2n) is 7.52. The van der Waals surface area contributed by atoms with E-state index in [9.17, 15) is 10.1 Å². The quantitative estimate of drug-likeness (QED) is 0.562. The first-order valence-electron chi connectivity index (χ1n) is 9.35. The molecule has 0 unspecified atom stereocenters. The number of hydroxylamine groups is 2. The fourth-order valence-corrected chi connectivity index (χ4v) is 3.90. The molecule has 1 aliphatic heterocycles. The minimum absolute atomic E-state index is 0.398. The maximum Gasteiger partial charge on any atom is 0.287 e. The van der Waals surface area contributed by atoms with Crippen LogP contribution in [0.5, 0.6) is 0 Å². The Morgan fingerprint density at radius 2 is 1.25 bits per heavy atom. The Balaban J connectivity index is 2.01. The molecule has 4 heteroatoms. The Labute approximate surface area is 164 Å². The average molecular weight is 370 g/mol. The minimum Gasteiger partial charge on any atom is -0.758 e. The largest absolute Gasteiger partial charge is 0.758 e. The van der Waals surface area contributed by atoms with Crippen molar-refractivity contribution in [3.63, 3.8) is 0 Å². The lowest BCUT2D eigenvalue weighted by Gasteiger charge is -2.50. The van der Waals surface area contributed by atoms with Crippen LogP contribution < -0.4 is 0 Å². The second-order valence-corrected chi connectivity index (χ2v) is 7.52. The van der Waals surface area contributed by atoms with Crippen molar-refractivity contribution < 1.29 is 4.76 Å². The molecule has 0 amide bonds. The molecule has 1 aliphatic rings. The molecule has 1 heterocycles. The van der Waals surface area contributed by atoms with Crippen LogP contribution in [-0.2, 0) is 0 Å². The number of nitroso groups, excluding NO2 is 1. The van der Waals surface area contributed by atoms with E-state index in [0.717, 1.165) is 26.5 Å². The molecule has 0 saturated heterocycles. The Morgan fingerprint density at radius 3 is 1.79 bits per heavy atom. The fraction of sp³-hybridized carbons (Fsp3) is 0.167. The molecule has 4 rings (SSSR count). The van der Waals surface area contributed by atoms with Crippen molar-refractivity contribution in [3.8, 4) is 0 Å². The molecule has 0 aliphatic carbocycles. The number of benzene rings is 3. The first kappa shape index (κ1) is 18.1. The molecule has 0 bridgehead atoms. The van der Waals surface area contributed by atoms with Crippen molar-refractivity contribution in [1.29, 1.82) is 0 Å². The lowest BCUT2D eigenvalue weighted by atomic mass is 9.83. The zero-order chi connectivity index (χ0) is 19.7. The van der Waals surface area contributed by atoms with Crippen LogP contribution in [0.1, 0.15) is 36.6 Å². The Kier molecular flexibility index (Phi) is 4.57. The van der Waals surface area contributed by atoms with Gasteiger partial charge in [0.1, 0.15) is 5.70 Å². The Morgan fingerprint density at radius 1 is 0.786 bits per heavy atom. The summed E-state index contributed by atoms with van der Waals surface area (Å²) in [7, 11) is 0. The van der Waals surface area contributed by atoms with Gasteiger partial charge in [0, 0.05) is 20.8 Å². The highest BCUT2D eigenvalue weighted by atomic mass is 16.5. The van der Waals surface area contributed by atoms with Crippen molar-refractivity contribution >= 4 is 11.4 Å². The van der Waals surface area contributed by atoms with Crippen LogP contribution in [-0.4, -0.2) is 15.4 Å². The average Bonchev–Trinajstić information content (AvgIpc) is 2.72. The van der Waals surface area contributed by atoms with Gasteiger partial charge in [-0.05, 0) is 26.0 Å². The molecular weight excluding hydrogens is 348 g/mol. The van der Waals surface area contributed by atoms with Crippen LogP contribution in [0.25, 0.3) is 11.4 Å². The Bertz CT molecular complexity index is 1010. The lowest BCUT2D eigenvalue weighted by Crippen LogP contribution is -2.51. The molecule has 1 atom stereocenters. The molecule has 0 N–H and O–H groups in total. The third-order valence-corrected chi connectivity index (χ3v) is 5.28. The van der Waals surface area contributed by atoms with E-state index in [-0.39, 0.29) is 0 Å². The van der Waals surface area contributed by atoms with Gasteiger partial charge in [0.2, 0.25) is 0 Å². The topological polar surface area (TPSA) is 46.4 Å². The third-order valence-electron chi connectivity index (χ3n) is 5.28. The monoisotopic (exact) mass is 370 g/mol. The molecule has 0 radical (unpaired) electrons. The van der Waals surface area contributed by atoms with E-state index in [2.05, 4.69) is 0 Å². The van der Waals surface area contributed by atoms with Crippen molar-refractivity contribution in [3.05, 3.63) is 118 Å². The van der Waals surface area contributed by atoms with Crippen LogP contribution in [0.2, 0.25) is 0 Å². The van der Waals surface area contributed by atoms with E-state index in [1.165, 1.54) is 0 Å². The standard InChI is InChI=1S/C24H22N2O2/c1-24(2)23(20-16-10-5-11-17-20)25(27)21(18-12-6-3-7-13-18)22(26(24)28)19-14-8-4-9-15-19/h3-17,23H,1-2H3/t23-/m0/s1. The maximum atomic E-state index is 13.8. The van der Waals surface area contributed by atoms with Crippen LogP contribution in [0.3, 0.4) is 0 Å². The van der Waals surface area contributed by atoms with E-state index >= 15 is 0 Å². The fourth-order valence-electron chi connectivity index (χ4n) is 3.90. The summed E-state index contributed by atoms with van der Waals surface area (Å²) in [6.07, 6.45) is 0. The third kappa shape index (κ3) is 2.92. The summed E-state index contributed by atoms with van der Waals surface area (Å²) in [5, 5.41) is 14.7. The summed E-state index contributed by atoms with van der Waals surface area (Å²) >= 11 is 0. The van der Waals surface area contributed by atoms with Gasteiger partial charge >= 0.3 is 0 Å². The van der Waals surface area contributed by atoms with Gasteiger partial charge in [0.15, 0.2) is 0 Å². The van der Waals surface area contributed by atoms with E-state index in [0.29, 0.717) is 11.4 Å². The van der Waals surface area contributed by atoms with E-state index in [4.69, 9.17) is 0 Å². The predicted molar refractivity (Wildman–Crippen MR) is 112 cm³/mol. The van der Waals surface area contributed by atoms with Crippen LogP contribution >= 0.6 is 0 Å². The van der Waals surface area contributed by atoms with Gasteiger partial charge < -0.3 is 10.3 Å². The summed E-state index contributed by atoms with van der Waals surface area (Å²) in [6.45, 7) is 3.65. The van der Waals surface area contributed by atoms with Gasteiger partial charge in [-0.1, -0.05) is 78.9 Å². The second kappa shape index (κ2) is 7.06. The molecule has 3 aromatic rings. The van der Waals surface area contributed by atoms with E-state index in [1.54, 1.807) is 0 Å². The van der Waals surface area contributed by atoms with E-state index < -0.39 is 11.6 Å². The van der Waals surface area contributed by atoms with E-state index in [1.807, 2.05) is 105 Å². The number of hydrogen-bond donors (Lipinski definition) is 0. The van der Waals surface area contributed by atoms with Crippen molar-refractivity contribution in [1.82, 2.24) is 5.06 Å². The molecule has 0 aromatic heterocycles. The normalized spacial score (nSPS) is 19.0. The van der Waals surface area contributed by atoms with Crippen LogP contribution in [0, 0.1) is 10.1 Å². The number of nitrogens with zero attached hydrogens (tertiary/aromatic N) is 2. The predicted octanol–water partition coefficient (Wildman–Crippen LogP) is 5.62. The SMILES string of the molecule is CC1(C)[C@H](c2ccccc2)[N+](=O)C(c2ccccc2)=C(c2ccccc2)N1[O-]. The summed E-state index contributed by atoms with van der Waals surface area (Å²) in [5.74, 6) is 0. The van der Waals surface area contributed by atoms with Crippen LogP contribution in [0.15, 0.2) is 91.0 Å². The molecule has 0 saturated carbocycles. The highest BCUT2D eigenvalue weighted by molar-refractivity contribution is 5.87. The first-order valence-corrected chi connectivity index (χ1v) is 9.35. The molecule has 4 nitrogen and oxygen atoms in total. The van der Waals surface area contributed by atoms with Crippen molar-refractivity contribution in [2.75, 3.05) is 0 Å².